The van der Waals surface area contributed by atoms with Crippen LogP contribution in [0.2, 0.25) is 0 Å². The van der Waals surface area contributed by atoms with Crippen LogP contribution in [0.15, 0.2) is 97.1 Å². The molecule has 2 heterocycles. The van der Waals surface area contributed by atoms with Crippen molar-refractivity contribution in [1.29, 1.82) is 0 Å². The fourth-order valence-electron chi connectivity index (χ4n) is 4.35. The van der Waals surface area contributed by atoms with Crippen molar-refractivity contribution in [3.63, 3.8) is 0 Å². The number of rotatable bonds is 6. The molecule has 3 aromatic carbocycles. The molecule has 0 bridgehead atoms. The number of carbonyl (C=O) groups is 1. The molecule has 0 spiro atoms. The second kappa shape index (κ2) is 9.65. The van der Waals surface area contributed by atoms with E-state index in [0.717, 1.165) is 47.0 Å². The first-order valence-corrected chi connectivity index (χ1v) is 11.4. The number of hydrogen-bond donors (Lipinski definition) is 1. The fraction of sp³-hybridized carbons (Fsp3) is 0.179. The third-order valence-corrected chi connectivity index (χ3v) is 6.03. The van der Waals surface area contributed by atoms with E-state index in [0.29, 0.717) is 0 Å². The SMILES string of the molecule is O=C(Nc1cccc(-c2ccc(N3CCCC3)nn2)c1)C(c1ccccc1)c1ccccc1. The summed E-state index contributed by atoms with van der Waals surface area (Å²) in [6, 6.07) is 31.5. The monoisotopic (exact) mass is 434 g/mol. The van der Waals surface area contributed by atoms with Crippen molar-refractivity contribution in [3.05, 3.63) is 108 Å². The number of nitrogens with one attached hydrogen (secondary N) is 1. The van der Waals surface area contributed by atoms with Gasteiger partial charge in [-0.1, -0.05) is 72.8 Å². The Morgan fingerprint density at radius 1 is 0.758 bits per heavy atom. The highest BCUT2D eigenvalue weighted by molar-refractivity contribution is 5.98. The minimum absolute atomic E-state index is 0.0694. The van der Waals surface area contributed by atoms with Gasteiger partial charge in [-0.3, -0.25) is 4.79 Å². The van der Waals surface area contributed by atoms with Crippen LogP contribution in [0.4, 0.5) is 11.5 Å². The smallest absolute Gasteiger partial charge is 0.236 e. The van der Waals surface area contributed by atoms with Gasteiger partial charge in [0.05, 0.1) is 11.6 Å². The van der Waals surface area contributed by atoms with E-state index in [9.17, 15) is 4.79 Å². The lowest BCUT2D eigenvalue weighted by Gasteiger charge is -2.18. The average molecular weight is 435 g/mol. The van der Waals surface area contributed by atoms with Crippen molar-refractivity contribution in [2.24, 2.45) is 0 Å². The van der Waals surface area contributed by atoms with Gasteiger partial charge in [0.25, 0.3) is 0 Å². The van der Waals surface area contributed by atoms with Gasteiger partial charge in [0.15, 0.2) is 5.82 Å². The molecule has 1 N–H and O–H groups in total. The summed E-state index contributed by atoms with van der Waals surface area (Å²) in [5, 5.41) is 12.0. The van der Waals surface area contributed by atoms with E-state index >= 15 is 0 Å². The molecular weight excluding hydrogens is 408 g/mol. The Labute approximate surface area is 194 Å². The van der Waals surface area contributed by atoms with E-state index < -0.39 is 5.92 Å². The highest BCUT2D eigenvalue weighted by Crippen LogP contribution is 2.28. The lowest BCUT2D eigenvalue weighted by molar-refractivity contribution is -0.116. The molecule has 0 saturated carbocycles. The molecule has 1 aromatic heterocycles. The van der Waals surface area contributed by atoms with Gasteiger partial charge < -0.3 is 10.2 Å². The van der Waals surface area contributed by atoms with Crippen molar-refractivity contribution in [3.8, 4) is 11.3 Å². The predicted molar refractivity (Wildman–Crippen MR) is 132 cm³/mol. The molecule has 5 nitrogen and oxygen atoms in total. The van der Waals surface area contributed by atoms with E-state index in [1.54, 1.807) is 0 Å². The number of aromatic nitrogens is 2. The van der Waals surface area contributed by atoms with Gasteiger partial charge in [0.2, 0.25) is 5.91 Å². The van der Waals surface area contributed by atoms with Crippen molar-refractivity contribution in [2.75, 3.05) is 23.3 Å². The maximum Gasteiger partial charge on any atom is 0.236 e. The summed E-state index contributed by atoms with van der Waals surface area (Å²) in [5.74, 6) is 0.463. The van der Waals surface area contributed by atoms with Gasteiger partial charge in [-0.2, -0.15) is 0 Å². The van der Waals surface area contributed by atoms with Gasteiger partial charge in [0, 0.05) is 24.3 Å². The summed E-state index contributed by atoms with van der Waals surface area (Å²) < 4.78 is 0. The van der Waals surface area contributed by atoms with Crippen LogP contribution in [0.3, 0.4) is 0 Å². The molecule has 0 aliphatic carbocycles. The van der Waals surface area contributed by atoms with Gasteiger partial charge in [-0.25, -0.2) is 0 Å². The first-order chi connectivity index (χ1) is 16.3. The van der Waals surface area contributed by atoms with E-state index in [1.165, 1.54) is 12.8 Å². The van der Waals surface area contributed by atoms with Crippen molar-refractivity contribution < 1.29 is 4.79 Å². The van der Waals surface area contributed by atoms with Crippen LogP contribution in [-0.2, 0) is 4.79 Å². The molecule has 0 unspecified atom stereocenters. The Bertz CT molecular complexity index is 1160. The number of amides is 1. The number of carbonyl (C=O) groups excluding carboxylic acids is 1. The second-order valence-electron chi connectivity index (χ2n) is 8.30. The zero-order valence-corrected chi connectivity index (χ0v) is 18.4. The molecule has 0 radical (unpaired) electrons. The predicted octanol–water partition coefficient (Wildman–Crippen LogP) is 5.51. The quantitative estimate of drug-likeness (QED) is 0.434. The molecule has 1 fully saturated rings. The maximum absolute atomic E-state index is 13.4. The zero-order valence-electron chi connectivity index (χ0n) is 18.4. The van der Waals surface area contributed by atoms with Crippen LogP contribution in [0, 0.1) is 0 Å². The van der Waals surface area contributed by atoms with Gasteiger partial charge in [-0.05, 0) is 48.2 Å². The molecule has 5 rings (SSSR count). The van der Waals surface area contributed by atoms with E-state index in [4.69, 9.17) is 0 Å². The molecule has 1 amide bonds. The summed E-state index contributed by atoms with van der Waals surface area (Å²) in [6.07, 6.45) is 2.41. The minimum Gasteiger partial charge on any atom is -0.355 e. The largest absolute Gasteiger partial charge is 0.355 e. The Morgan fingerprint density at radius 3 is 2.03 bits per heavy atom. The normalized spacial score (nSPS) is 13.3. The van der Waals surface area contributed by atoms with Gasteiger partial charge in [0.1, 0.15) is 0 Å². The number of benzene rings is 3. The van der Waals surface area contributed by atoms with Crippen molar-refractivity contribution in [1.82, 2.24) is 10.2 Å². The lowest BCUT2D eigenvalue weighted by Crippen LogP contribution is -2.22. The highest BCUT2D eigenvalue weighted by Gasteiger charge is 2.23. The van der Waals surface area contributed by atoms with Crippen LogP contribution in [0.25, 0.3) is 11.3 Å². The molecular formula is C28H26N4O. The summed E-state index contributed by atoms with van der Waals surface area (Å²) in [5.41, 5.74) is 4.36. The minimum atomic E-state index is -0.393. The second-order valence-corrected chi connectivity index (χ2v) is 8.30. The third kappa shape index (κ3) is 4.77. The van der Waals surface area contributed by atoms with Crippen LogP contribution >= 0.6 is 0 Å². The van der Waals surface area contributed by atoms with E-state index in [1.807, 2.05) is 97.1 Å². The number of hydrogen-bond acceptors (Lipinski definition) is 4. The van der Waals surface area contributed by atoms with E-state index in [2.05, 4.69) is 20.4 Å². The zero-order chi connectivity index (χ0) is 22.5. The van der Waals surface area contributed by atoms with Crippen LogP contribution in [0.5, 0.6) is 0 Å². The Balaban J connectivity index is 1.37. The number of anilines is 2. The average Bonchev–Trinajstić information content (AvgIpc) is 3.41. The Kier molecular flexibility index (Phi) is 6.11. The standard InChI is InChI=1S/C28H26N4O/c33-28(27(21-10-3-1-4-11-21)22-12-5-2-6-13-22)29-24-15-9-14-23(20-24)25-16-17-26(31-30-25)32-18-7-8-19-32/h1-6,9-17,20,27H,7-8,18-19H2,(H,29,33). The number of nitrogens with zero attached hydrogens (tertiary/aromatic N) is 3. The fourth-order valence-corrected chi connectivity index (χ4v) is 4.35. The molecule has 4 aromatic rings. The molecule has 1 saturated heterocycles. The molecule has 33 heavy (non-hydrogen) atoms. The molecule has 164 valence electrons. The Morgan fingerprint density at radius 2 is 1.42 bits per heavy atom. The van der Waals surface area contributed by atoms with E-state index in [-0.39, 0.29) is 5.91 Å². The summed E-state index contributed by atoms with van der Waals surface area (Å²) in [4.78, 5) is 15.7. The first-order valence-electron chi connectivity index (χ1n) is 11.4. The molecule has 5 heteroatoms. The molecule has 1 aliphatic rings. The van der Waals surface area contributed by atoms with Crippen LogP contribution in [0.1, 0.15) is 29.9 Å². The summed E-state index contributed by atoms with van der Waals surface area (Å²) in [7, 11) is 0. The highest BCUT2D eigenvalue weighted by atomic mass is 16.1. The van der Waals surface area contributed by atoms with Gasteiger partial charge >= 0.3 is 0 Å². The van der Waals surface area contributed by atoms with Gasteiger partial charge in [-0.15, -0.1) is 10.2 Å². The third-order valence-electron chi connectivity index (χ3n) is 6.03. The van der Waals surface area contributed by atoms with Crippen molar-refractivity contribution in [2.45, 2.75) is 18.8 Å². The van der Waals surface area contributed by atoms with Crippen molar-refractivity contribution >= 4 is 17.4 Å². The lowest BCUT2D eigenvalue weighted by atomic mass is 9.90. The molecule has 0 atom stereocenters. The topological polar surface area (TPSA) is 58.1 Å². The maximum atomic E-state index is 13.4. The summed E-state index contributed by atoms with van der Waals surface area (Å²) >= 11 is 0. The summed E-state index contributed by atoms with van der Waals surface area (Å²) in [6.45, 7) is 2.08. The Hall–Kier alpha value is -3.99. The first kappa shape index (κ1) is 20.9. The van der Waals surface area contributed by atoms with Crippen LogP contribution < -0.4 is 10.2 Å². The molecule has 1 aliphatic heterocycles. The van der Waals surface area contributed by atoms with Crippen LogP contribution in [-0.4, -0.2) is 29.2 Å².